The Bertz CT molecular complexity index is 881. The lowest BCUT2D eigenvalue weighted by atomic mass is 10.1. The average Bonchev–Trinajstić information content (AvgIpc) is 3.13. The topological polar surface area (TPSA) is 106 Å². The Labute approximate surface area is 139 Å². The summed E-state index contributed by atoms with van der Waals surface area (Å²) in [6.45, 7) is 0. The largest absolute Gasteiger partial charge is 0.508 e. The molecule has 0 spiro atoms. The lowest BCUT2D eigenvalue weighted by Gasteiger charge is -2.11. The van der Waals surface area contributed by atoms with E-state index in [1.54, 1.807) is 12.1 Å². The number of hydrogen-bond acceptors (Lipinski definition) is 4. The Morgan fingerprint density at radius 1 is 1.38 bits per heavy atom. The third-order valence-corrected chi connectivity index (χ3v) is 4.16. The van der Waals surface area contributed by atoms with Gasteiger partial charge in [-0.05, 0) is 43.0 Å². The molecule has 0 aliphatic rings. The number of aromatic hydroxyl groups is 1. The van der Waals surface area contributed by atoms with Crippen LogP contribution in [0.1, 0.15) is 35.1 Å². The Morgan fingerprint density at radius 2 is 2.17 bits per heavy atom. The summed E-state index contributed by atoms with van der Waals surface area (Å²) in [5, 5.41) is 20.9. The SMILES string of the molecule is Cn1cc(CCCC(O)n2cnc(C(N)=O)c2)c2cc(O)ccc21. The number of carbonyl (C=O) groups is 1. The van der Waals surface area contributed by atoms with Crippen molar-refractivity contribution >= 4 is 16.8 Å². The van der Waals surface area contributed by atoms with Crippen LogP contribution in [0.4, 0.5) is 0 Å². The number of aliphatic hydroxyl groups is 1. The molecule has 126 valence electrons. The smallest absolute Gasteiger partial charge is 0.268 e. The van der Waals surface area contributed by atoms with Crippen LogP contribution < -0.4 is 5.73 Å². The van der Waals surface area contributed by atoms with Gasteiger partial charge in [0, 0.05) is 30.3 Å². The summed E-state index contributed by atoms with van der Waals surface area (Å²) in [5.74, 6) is -0.371. The van der Waals surface area contributed by atoms with Gasteiger partial charge in [-0.25, -0.2) is 4.98 Å². The fourth-order valence-electron chi connectivity index (χ4n) is 2.91. The zero-order chi connectivity index (χ0) is 17.3. The Kier molecular flexibility index (Phi) is 4.26. The molecule has 1 aromatic carbocycles. The van der Waals surface area contributed by atoms with E-state index in [4.69, 9.17) is 5.73 Å². The van der Waals surface area contributed by atoms with Crippen LogP contribution in [0.15, 0.2) is 36.9 Å². The van der Waals surface area contributed by atoms with Gasteiger partial charge in [0.25, 0.3) is 5.91 Å². The third-order valence-electron chi connectivity index (χ3n) is 4.16. The first kappa shape index (κ1) is 16.1. The lowest BCUT2D eigenvalue weighted by molar-refractivity contribution is 0.0918. The summed E-state index contributed by atoms with van der Waals surface area (Å²) in [4.78, 5) is 14.9. The molecule has 1 unspecified atom stereocenters. The molecule has 3 aromatic rings. The molecule has 3 rings (SSSR count). The summed E-state index contributed by atoms with van der Waals surface area (Å²) in [6, 6.07) is 5.32. The first-order valence-electron chi connectivity index (χ1n) is 7.74. The van der Waals surface area contributed by atoms with Gasteiger partial charge < -0.3 is 25.1 Å². The fourth-order valence-corrected chi connectivity index (χ4v) is 2.91. The summed E-state index contributed by atoms with van der Waals surface area (Å²) in [6.07, 6.45) is 6.18. The monoisotopic (exact) mass is 328 g/mol. The van der Waals surface area contributed by atoms with Gasteiger partial charge in [0.15, 0.2) is 0 Å². The van der Waals surface area contributed by atoms with E-state index in [0.29, 0.717) is 6.42 Å². The highest BCUT2D eigenvalue weighted by atomic mass is 16.3. The summed E-state index contributed by atoms with van der Waals surface area (Å²) < 4.78 is 3.50. The van der Waals surface area contributed by atoms with Crippen molar-refractivity contribution < 1.29 is 15.0 Å². The molecule has 0 aliphatic carbocycles. The van der Waals surface area contributed by atoms with Gasteiger partial charge >= 0.3 is 0 Å². The van der Waals surface area contributed by atoms with Gasteiger partial charge in [-0.1, -0.05) is 0 Å². The second-order valence-electron chi connectivity index (χ2n) is 5.91. The van der Waals surface area contributed by atoms with E-state index in [2.05, 4.69) is 4.98 Å². The molecule has 7 nitrogen and oxygen atoms in total. The van der Waals surface area contributed by atoms with E-state index < -0.39 is 12.1 Å². The fraction of sp³-hybridized carbons (Fsp3) is 0.294. The van der Waals surface area contributed by atoms with Crippen molar-refractivity contribution in [1.82, 2.24) is 14.1 Å². The maximum Gasteiger partial charge on any atom is 0.268 e. The van der Waals surface area contributed by atoms with E-state index in [-0.39, 0.29) is 11.4 Å². The normalized spacial score (nSPS) is 12.6. The second kappa shape index (κ2) is 6.37. The molecule has 2 aromatic heterocycles. The number of aromatic nitrogens is 3. The first-order valence-corrected chi connectivity index (χ1v) is 7.74. The number of aryl methyl sites for hydroxylation is 2. The van der Waals surface area contributed by atoms with Crippen LogP contribution in [-0.2, 0) is 13.5 Å². The number of rotatable bonds is 6. The van der Waals surface area contributed by atoms with Crippen LogP contribution in [0.2, 0.25) is 0 Å². The van der Waals surface area contributed by atoms with Crippen molar-refractivity contribution in [3.8, 4) is 5.75 Å². The summed E-state index contributed by atoms with van der Waals surface area (Å²) >= 11 is 0. The number of phenolic OH excluding ortho intramolecular Hbond substituents is 1. The molecule has 1 amide bonds. The Balaban J connectivity index is 1.65. The Hall–Kier alpha value is -2.80. The van der Waals surface area contributed by atoms with Gasteiger partial charge in [-0.15, -0.1) is 0 Å². The van der Waals surface area contributed by atoms with E-state index in [1.807, 2.05) is 23.9 Å². The maximum atomic E-state index is 11.0. The van der Waals surface area contributed by atoms with Gasteiger partial charge in [-0.2, -0.15) is 0 Å². The summed E-state index contributed by atoms with van der Waals surface area (Å²) in [5.41, 5.74) is 7.47. The van der Waals surface area contributed by atoms with E-state index in [1.165, 1.54) is 17.1 Å². The lowest BCUT2D eigenvalue weighted by Crippen LogP contribution is -2.11. The highest BCUT2D eigenvalue weighted by Crippen LogP contribution is 2.26. The van der Waals surface area contributed by atoms with Crippen molar-refractivity contribution in [3.63, 3.8) is 0 Å². The predicted molar refractivity (Wildman–Crippen MR) is 89.5 cm³/mol. The zero-order valence-corrected chi connectivity index (χ0v) is 13.4. The van der Waals surface area contributed by atoms with Gasteiger partial charge in [0.05, 0.1) is 6.33 Å². The van der Waals surface area contributed by atoms with Gasteiger partial charge in [0.2, 0.25) is 0 Å². The standard InChI is InChI=1S/C17H20N4O3/c1-20-8-11(13-7-12(22)5-6-15(13)20)3-2-4-16(23)21-9-14(17(18)24)19-10-21/h5-10,16,22-23H,2-4H2,1H3,(H2,18,24). The molecular weight excluding hydrogens is 308 g/mol. The van der Waals surface area contributed by atoms with E-state index >= 15 is 0 Å². The van der Waals surface area contributed by atoms with Crippen molar-refractivity contribution in [2.24, 2.45) is 12.8 Å². The number of benzene rings is 1. The molecule has 2 heterocycles. The molecule has 0 saturated carbocycles. The number of aliphatic hydroxyl groups excluding tert-OH is 1. The molecule has 4 N–H and O–H groups in total. The van der Waals surface area contributed by atoms with Crippen molar-refractivity contribution in [1.29, 1.82) is 0 Å². The molecule has 0 saturated heterocycles. The van der Waals surface area contributed by atoms with Crippen molar-refractivity contribution in [2.75, 3.05) is 0 Å². The number of carbonyl (C=O) groups excluding carboxylic acids is 1. The molecule has 0 bridgehead atoms. The number of nitrogens with zero attached hydrogens (tertiary/aromatic N) is 3. The van der Waals surface area contributed by atoms with E-state index in [0.717, 1.165) is 29.3 Å². The number of primary amides is 1. The van der Waals surface area contributed by atoms with Crippen LogP contribution in [0.25, 0.3) is 10.9 Å². The van der Waals surface area contributed by atoms with Gasteiger partial charge in [0.1, 0.15) is 17.7 Å². The van der Waals surface area contributed by atoms with Gasteiger partial charge in [-0.3, -0.25) is 4.79 Å². The minimum Gasteiger partial charge on any atom is -0.508 e. The number of imidazole rings is 1. The molecule has 0 radical (unpaired) electrons. The highest BCUT2D eigenvalue weighted by molar-refractivity contribution is 5.90. The molecule has 24 heavy (non-hydrogen) atoms. The number of hydrogen-bond donors (Lipinski definition) is 3. The molecule has 7 heteroatoms. The third kappa shape index (κ3) is 3.11. The van der Waals surface area contributed by atoms with Crippen LogP contribution in [0, 0.1) is 0 Å². The Morgan fingerprint density at radius 3 is 2.88 bits per heavy atom. The molecule has 0 aliphatic heterocycles. The zero-order valence-electron chi connectivity index (χ0n) is 13.4. The molecule has 1 atom stereocenters. The minimum absolute atomic E-state index is 0.138. The van der Waals surface area contributed by atoms with Crippen molar-refractivity contribution in [2.45, 2.75) is 25.5 Å². The van der Waals surface area contributed by atoms with Crippen LogP contribution >= 0.6 is 0 Å². The molecular formula is C17H20N4O3. The number of amides is 1. The number of phenols is 1. The molecule has 0 fully saturated rings. The first-order chi connectivity index (χ1) is 11.5. The quantitative estimate of drug-likeness (QED) is 0.640. The minimum atomic E-state index is -0.756. The van der Waals surface area contributed by atoms with Crippen LogP contribution in [0.5, 0.6) is 5.75 Å². The number of nitrogens with two attached hydrogens (primary N) is 1. The van der Waals surface area contributed by atoms with Crippen LogP contribution in [-0.4, -0.2) is 30.2 Å². The predicted octanol–water partition coefficient (Wildman–Crippen LogP) is 1.69. The van der Waals surface area contributed by atoms with Crippen LogP contribution in [0.3, 0.4) is 0 Å². The average molecular weight is 328 g/mol. The number of fused-ring (bicyclic) bond motifs is 1. The highest BCUT2D eigenvalue weighted by Gasteiger charge is 2.12. The van der Waals surface area contributed by atoms with Crippen molar-refractivity contribution in [3.05, 3.63) is 48.2 Å². The maximum absolute atomic E-state index is 11.0. The second-order valence-corrected chi connectivity index (χ2v) is 5.91. The summed E-state index contributed by atoms with van der Waals surface area (Å²) in [7, 11) is 1.97. The van der Waals surface area contributed by atoms with E-state index in [9.17, 15) is 15.0 Å².